The summed E-state index contributed by atoms with van der Waals surface area (Å²) in [6.45, 7) is 3.18. The number of urea groups is 1. The average Bonchev–Trinajstić information content (AvgIpc) is 3.25. The van der Waals surface area contributed by atoms with Crippen molar-refractivity contribution in [2.24, 2.45) is 0 Å². The number of carboxylic acids is 1. The Balaban J connectivity index is 0.000000532. The Morgan fingerprint density at radius 2 is 1.72 bits per heavy atom. The quantitative estimate of drug-likeness (QED) is 0.456. The molecule has 11 heteroatoms. The standard InChI is InChI=1S/C26H35N3O3.C2HF3O2/c1-5-18-6-9-20(10-7-18)27-25(30)28-21-12-13-26(14-15-29(2)24(26)17-21)19-8-11-22(31-3)23(16-19)32-4;3-2(4,5)1(6)7/h6-11,16,21,24H,5,12-15,17H2,1-4H3,(H2,27,28,30);(H,6,7)/t21-,24+,26+;/m1./s1. The van der Waals surface area contributed by atoms with E-state index in [-0.39, 0.29) is 17.5 Å². The van der Waals surface area contributed by atoms with Crippen LogP contribution in [0.4, 0.5) is 23.7 Å². The number of hydrogen-bond donors (Lipinski definition) is 3. The molecule has 8 nitrogen and oxygen atoms in total. The third kappa shape index (κ3) is 7.14. The topological polar surface area (TPSA) is 100 Å². The zero-order chi connectivity index (χ0) is 28.8. The van der Waals surface area contributed by atoms with Gasteiger partial charge >= 0.3 is 18.2 Å². The number of likely N-dealkylation sites (tertiary alicyclic amines) is 1. The Morgan fingerprint density at radius 1 is 1.08 bits per heavy atom. The Labute approximate surface area is 226 Å². The summed E-state index contributed by atoms with van der Waals surface area (Å²) < 4.78 is 42.8. The van der Waals surface area contributed by atoms with E-state index in [1.807, 2.05) is 18.2 Å². The lowest BCUT2D eigenvalue weighted by Crippen LogP contribution is -2.52. The first-order chi connectivity index (χ1) is 18.4. The molecule has 0 radical (unpaired) electrons. The number of carboxylic acid groups (broad SMARTS) is 1. The van der Waals surface area contributed by atoms with Gasteiger partial charge in [-0.25, -0.2) is 9.59 Å². The van der Waals surface area contributed by atoms with Crippen LogP contribution in [0.15, 0.2) is 42.5 Å². The van der Waals surface area contributed by atoms with E-state index in [0.717, 1.165) is 55.8 Å². The van der Waals surface area contributed by atoms with Crippen LogP contribution >= 0.6 is 0 Å². The van der Waals surface area contributed by atoms with Crippen LogP contribution in [0.25, 0.3) is 0 Å². The van der Waals surface area contributed by atoms with Crippen molar-refractivity contribution in [3.63, 3.8) is 0 Å². The van der Waals surface area contributed by atoms with Crippen molar-refractivity contribution in [1.82, 2.24) is 10.2 Å². The fourth-order valence-corrected chi connectivity index (χ4v) is 5.57. The summed E-state index contributed by atoms with van der Waals surface area (Å²) >= 11 is 0. The number of methoxy groups -OCH3 is 2. The molecule has 1 saturated heterocycles. The molecule has 2 aromatic rings. The highest BCUT2D eigenvalue weighted by Crippen LogP contribution is 2.49. The lowest BCUT2D eigenvalue weighted by molar-refractivity contribution is -0.192. The third-order valence-electron chi connectivity index (χ3n) is 7.68. The molecule has 0 spiro atoms. The van der Waals surface area contributed by atoms with Crippen LogP contribution in [0.2, 0.25) is 0 Å². The van der Waals surface area contributed by atoms with E-state index in [1.54, 1.807) is 14.2 Å². The number of fused-ring (bicyclic) bond motifs is 1. The second-order valence-corrected chi connectivity index (χ2v) is 9.90. The molecule has 214 valence electrons. The van der Waals surface area contributed by atoms with Gasteiger partial charge in [-0.15, -0.1) is 0 Å². The van der Waals surface area contributed by atoms with Crippen molar-refractivity contribution in [3.8, 4) is 11.5 Å². The first kappa shape index (κ1) is 30.1. The van der Waals surface area contributed by atoms with Crippen molar-refractivity contribution in [3.05, 3.63) is 53.6 Å². The Bertz CT molecular complexity index is 1140. The summed E-state index contributed by atoms with van der Waals surface area (Å²) in [6, 6.07) is 14.8. The second kappa shape index (κ2) is 12.6. The van der Waals surface area contributed by atoms with Crippen molar-refractivity contribution in [2.45, 2.75) is 62.7 Å². The molecule has 2 aromatic carbocycles. The summed E-state index contributed by atoms with van der Waals surface area (Å²) in [6.07, 6.45) is -0.0425. The molecule has 2 fully saturated rings. The first-order valence-electron chi connectivity index (χ1n) is 12.8. The number of ether oxygens (including phenoxy) is 2. The molecule has 1 aliphatic heterocycles. The van der Waals surface area contributed by atoms with Gasteiger partial charge in [-0.2, -0.15) is 13.2 Å². The molecule has 0 bridgehead atoms. The number of aryl methyl sites for hydroxylation is 1. The monoisotopic (exact) mass is 551 g/mol. The minimum absolute atomic E-state index is 0.0823. The maximum atomic E-state index is 12.6. The van der Waals surface area contributed by atoms with Crippen LogP contribution < -0.4 is 20.1 Å². The van der Waals surface area contributed by atoms with Crippen molar-refractivity contribution in [1.29, 1.82) is 0 Å². The van der Waals surface area contributed by atoms with Crippen LogP contribution in [0, 0.1) is 0 Å². The summed E-state index contributed by atoms with van der Waals surface area (Å²) in [5.74, 6) is -1.22. The van der Waals surface area contributed by atoms with Gasteiger partial charge in [0.25, 0.3) is 0 Å². The van der Waals surface area contributed by atoms with E-state index < -0.39 is 12.1 Å². The highest BCUT2D eigenvalue weighted by atomic mass is 19.4. The number of benzene rings is 2. The zero-order valence-electron chi connectivity index (χ0n) is 22.6. The molecular weight excluding hydrogens is 515 g/mol. The van der Waals surface area contributed by atoms with Crippen LogP contribution in [0.3, 0.4) is 0 Å². The highest BCUT2D eigenvalue weighted by Gasteiger charge is 2.50. The molecule has 0 unspecified atom stereocenters. The molecule has 1 saturated carbocycles. The number of nitrogens with zero attached hydrogens (tertiary/aromatic N) is 1. The number of rotatable bonds is 6. The smallest absolute Gasteiger partial charge is 0.490 e. The van der Waals surface area contributed by atoms with Gasteiger partial charge in [-0.05, 0) is 81.1 Å². The average molecular weight is 552 g/mol. The van der Waals surface area contributed by atoms with Crippen LogP contribution in [-0.4, -0.2) is 68.1 Å². The molecular formula is C28H36F3N3O5. The summed E-state index contributed by atoms with van der Waals surface area (Å²) in [4.78, 5) is 24.0. The molecule has 0 aromatic heterocycles. The number of likely N-dealkylation sites (N-methyl/N-ethyl adjacent to an activating group) is 1. The molecule has 2 amide bonds. The SMILES string of the molecule is CCc1ccc(NC(=O)N[C@@H]2CC[C@@]3(c4ccc(OC)c(OC)c4)CCN(C)[C@H]3C2)cc1.O=C(O)C(F)(F)F. The summed E-state index contributed by atoms with van der Waals surface area (Å²) in [7, 11) is 5.56. The molecule has 4 rings (SSSR count). The maximum Gasteiger partial charge on any atom is 0.490 e. The lowest BCUT2D eigenvalue weighted by Gasteiger charge is -2.45. The van der Waals surface area contributed by atoms with Crippen molar-refractivity contribution >= 4 is 17.7 Å². The van der Waals surface area contributed by atoms with Crippen LogP contribution in [0.5, 0.6) is 11.5 Å². The number of halogens is 3. The number of carbonyl (C=O) groups excluding carboxylic acids is 1. The predicted molar refractivity (Wildman–Crippen MR) is 142 cm³/mol. The molecule has 39 heavy (non-hydrogen) atoms. The van der Waals surface area contributed by atoms with Gasteiger partial charge in [-0.1, -0.05) is 25.1 Å². The van der Waals surface area contributed by atoms with E-state index >= 15 is 0 Å². The van der Waals surface area contributed by atoms with E-state index in [9.17, 15) is 18.0 Å². The number of amides is 2. The highest BCUT2D eigenvalue weighted by molar-refractivity contribution is 5.89. The number of alkyl halides is 3. The predicted octanol–water partition coefficient (Wildman–Crippen LogP) is 5.22. The number of nitrogens with one attached hydrogen (secondary N) is 2. The Hall–Kier alpha value is -3.47. The summed E-state index contributed by atoms with van der Waals surface area (Å²) in [5, 5.41) is 13.3. The van der Waals surface area contributed by atoms with Crippen molar-refractivity contribution in [2.75, 3.05) is 33.1 Å². The second-order valence-electron chi connectivity index (χ2n) is 9.90. The Morgan fingerprint density at radius 3 is 2.28 bits per heavy atom. The van der Waals surface area contributed by atoms with Gasteiger partial charge < -0.3 is 30.1 Å². The van der Waals surface area contributed by atoms with Gasteiger partial charge in [0, 0.05) is 23.2 Å². The number of anilines is 1. The molecule has 3 N–H and O–H groups in total. The maximum absolute atomic E-state index is 12.6. The Kier molecular flexibility index (Phi) is 9.71. The number of carbonyl (C=O) groups is 2. The van der Waals surface area contributed by atoms with E-state index in [4.69, 9.17) is 19.4 Å². The number of hydrogen-bond acceptors (Lipinski definition) is 5. The van der Waals surface area contributed by atoms with Crippen molar-refractivity contribution < 1.29 is 37.3 Å². The fourth-order valence-electron chi connectivity index (χ4n) is 5.57. The van der Waals surface area contributed by atoms with Crippen LogP contribution in [-0.2, 0) is 16.6 Å². The van der Waals surface area contributed by atoms with Gasteiger partial charge in [-0.3, -0.25) is 0 Å². The molecule has 1 heterocycles. The zero-order valence-corrected chi connectivity index (χ0v) is 22.6. The van der Waals surface area contributed by atoms with Gasteiger partial charge in [0.1, 0.15) is 0 Å². The number of aliphatic carboxylic acids is 1. The summed E-state index contributed by atoms with van der Waals surface area (Å²) in [5.41, 5.74) is 3.48. The van der Waals surface area contributed by atoms with Gasteiger partial charge in [0.15, 0.2) is 11.5 Å². The minimum Gasteiger partial charge on any atom is -0.493 e. The molecule has 2 aliphatic rings. The van der Waals surface area contributed by atoms with Gasteiger partial charge in [0.2, 0.25) is 0 Å². The molecule has 1 aliphatic carbocycles. The first-order valence-corrected chi connectivity index (χ1v) is 12.8. The molecule has 3 atom stereocenters. The fraction of sp³-hybridized carbons (Fsp3) is 0.500. The van der Waals surface area contributed by atoms with E-state index in [2.05, 4.69) is 53.8 Å². The van der Waals surface area contributed by atoms with Crippen LogP contribution in [0.1, 0.15) is 43.7 Å². The minimum atomic E-state index is -5.08. The van der Waals surface area contributed by atoms with Gasteiger partial charge in [0.05, 0.1) is 14.2 Å². The van der Waals surface area contributed by atoms with E-state index in [0.29, 0.717) is 6.04 Å². The normalized spacial score (nSPS) is 22.6. The third-order valence-corrected chi connectivity index (χ3v) is 7.68. The van der Waals surface area contributed by atoms with E-state index in [1.165, 1.54) is 11.1 Å². The largest absolute Gasteiger partial charge is 0.493 e. The lowest BCUT2D eigenvalue weighted by atomic mass is 9.65.